The van der Waals surface area contributed by atoms with E-state index in [4.69, 9.17) is 11.6 Å². The van der Waals surface area contributed by atoms with Crippen LogP contribution in [-0.4, -0.2) is 35.2 Å². The number of likely N-dealkylation sites (tertiary alicyclic amines) is 1. The lowest BCUT2D eigenvalue weighted by molar-refractivity contribution is -0.143. The maximum atomic E-state index is 13.4. The highest BCUT2D eigenvalue weighted by Crippen LogP contribution is 2.38. The van der Waals surface area contributed by atoms with E-state index in [-0.39, 0.29) is 24.8 Å². The van der Waals surface area contributed by atoms with Crippen molar-refractivity contribution < 1.29 is 13.6 Å². The molecular formula is C14H22ClF2NO. The van der Waals surface area contributed by atoms with E-state index in [9.17, 15) is 13.6 Å². The molecule has 2 nitrogen and oxygen atoms in total. The Morgan fingerprint density at radius 3 is 2.79 bits per heavy atom. The molecule has 5 heteroatoms. The van der Waals surface area contributed by atoms with Crippen molar-refractivity contribution in [3.8, 4) is 0 Å². The Labute approximate surface area is 118 Å². The highest BCUT2D eigenvalue weighted by molar-refractivity contribution is 6.17. The highest BCUT2D eigenvalue weighted by Gasteiger charge is 2.42. The van der Waals surface area contributed by atoms with Gasteiger partial charge in [-0.1, -0.05) is 0 Å². The number of amides is 1. The van der Waals surface area contributed by atoms with Crippen LogP contribution in [0.4, 0.5) is 8.78 Å². The number of alkyl halides is 3. The molecular weight excluding hydrogens is 272 g/mol. The first-order chi connectivity index (χ1) is 9.03. The van der Waals surface area contributed by atoms with E-state index in [2.05, 4.69) is 0 Å². The molecule has 110 valence electrons. The first kappa shape index (κ1) is 15.0. The van der Waals surface area contributed by atoms with Crippen LogP contribution in [-0.2, 0) is 4.79 Å². The number of carbonyl (C=O) groups is 1. The van der Waals surface area contributed by atoms with E-state index >= 15 is 0 Å². The summed E-state index contributed by atoms with van der Waals surface area (Å²) in [5.74, 6) is -2.57. The third-order valence-electron chi connectivity index (χ3n) is 4.32. The van der Waals surface area contributed by atoms with Gasteiger partial charge in [-0.15, -0.1) is 11.6 Å². The van der Waals surface area contributed by atoms with Crippen molar-refractivity contribution in [1.82, 2.24) is 4.90 Å². The molecule has 1 aliphatic carbocycles. The molecule has 1 saturated heterocycles. The number of hydrogen-bond donors (Lipinski definition) is 0. The predicted octanol–water partition coefficient (Wildman–Crippen LogP) is 3.82. The van der Waals surface area contributed by atoms with E-state index in [1.165, 1.54) is 0 Å². The minimum atomic E-state index is -2.65. The summed E-state index contributed by atoms with van der Waals surface area (Å²) in [5, 5.41) is 0. The first-order valence-electron chi connectivity index (χ1n) is 7.28. The molecule has 1 aliphatic heterocycles. The summed E-state index contributed by atoms with van der Waals surface area (Å²) in [7, 11) is 0. The Bertz CT molecular complexity index is 325. The van der Waals surface area contributed by atoms with Gasteiger partial charge in [-0.05, 0) is 38.5 Å². The van der Waals surface area contributed by atoms with E-state index in [0.717, 1.165) is 32.2 Å². The Balaban J connectivity index is 1.94. The average Bonchev–Trinajstić information content (AvgIpc) is 2.82. The van der Waals surface area contributed by atoms with Crippen molar-refractivity contribution in [2.75, 3.05) is 12.4 Å². The normalized spacial score (nSPS) is 30.6. The molecule has 2 aliphatic rings. The molecule has 0 bridgehead atoms. The number of carbonyl (C=O) groups excluding carboxylic acids is 1. The molecule has 19 heavy (non-hydrogen) atoms. The van der Waals surface area contributed by atoms with E-state index < -0.39 is 11.8 Å². The van der Waals surface area contributed by atoms with Gasteiger partial charge in [-0.3, -0.25) is 4.79 Å². The zero-order valence-corrected chi connectivity index (χ0v) is 12.0. The summed E-state index contributed by atoms with van der Waals surface area (Å²) in [6, 6.07) is 0.224. The Morgan fingerprint density at radius 2 is 2.11 bits per heavy atom. The largest absolute Gasteiger partial charge is 0.339 e. The van der Waals surface area contributed by atoms with Crippen LogP contribution < -0.4 is 0 Å². The zero-order chi connectivity index (χ0) is 13.9. The quantitative estimate of drug-likeness (QED) is 0.722. The van der Waals surface area contributed by atoms with Crippen LogP contribution in [0, 0.1) is 5.92 Å². The van der Waals surface area contributed by atoms with Crippen molar-refractivity contribution in [2.45, 2.75) is 63.3 Å². The third-order valence-corrected chi connectivity index (χ3v) is 4.59. The summed E-state index contributed by atoms with van der Waals surface area (Å²) in [6.45, 7) is 0.730. The molecule has 0 N–H and O–H groups in total. The average molecular weight is 294 g/mol. The number of halogens is 3. The van der Waals surface area contributed by atoms with E-state index in [1.807, 2.05) is 4.90 Å². The molecule has 0 aromatic heterocycles. The van der Waals surface area contributed by atoms with E-state index in [1.54, 1.807) is 0 Å². The van der Waals surface area contributed by atoms with Crippen LogP contribution in [0.5, 0.6) is 0 Å². The SMILES string of the molecule is O=C(C1CCCC(F)(F)C1)N1CCCC1CCCCl. The van der Waals surface area contributed by atoms with Crippen molar-refractivity contribution in [1.29, 1.82) is 0 Å². The molecule has 2 atom stereocenters. The first-order valence-corrected chi connectivity index (χ1v) is 7.81. The monoisotopic (exact) mass is 293 g/mol. The van der Waals surface area contributed by atoms with Gasteiger partial charge < -0.3 is 4.90 Å². The van der Waals surface area contributed by atoms with Crippen molar-refractivity contribution in [2.24, 2.45) is 5.92 Å². The Kier molecular flexibility index (Phi) is 5.04. The summed E-state index contributed by atoms with van der Waals surface area (Å²) < 4.78 is 26.8. The number of rotatable bonds is 4. The summed E-state index contributed by atoms with van der Waals surface area (Å²) in [4.78, 5) is 14.3. The minimum Gasteiger partial charge on any atom is -0.339 e. The van der Waals surface area contributed by atoms with Gasteiger partial charge in [0.2, 0.25) is 11.8 Å². The fourth-order valence-electron chi connectivity index (χ4n) is 3.36. The van der Waals surface area contributed by atoms with Gasteiger partial charge in [-0.2, -0.15) is 0 Å². The summed E-state index contributed by atoms with van der Waals surface area (Å²) in [5.41, 5.74) is 0. The smallest absolute Gasteiger partial charge is 0.248 e. The van der Waals surface area contributed by atoms with Gasteiger partial charge in [0, 0.05) is 37.2 Å². The molecule has 1 saturated carbocycles. The second-order valence-electron chi connectivity index (χ2n) is 5.81. The highest BCUT2D eigenvalue weighted by atomic mass is 35.5. The van der Waals surface area contributed by atoms with Crippen LogP contribution in [0.3, 0.4) is 0 Å². The molecule has 2 fully saturated rings. The summed E-state index contributed by atoms with van der Waals surface area (Å²) >= 11 is 5.69. The second-order valence-corrected chi connectivity index (χ2v) is 6.19. The molecule has 0 aromatic rings. The Morgan fingerprint density at radius 1 is 1.32 bits per heavy atom. The number of nitrogens with zero attached hydrogens (tertiary/aromatic N) is 1. The lowest BCUT2D eigenvalue weighted by atomic mass is 9.85. The van der Waals surface area contributed by atoms with Crippen molar-refractivity contribution in [3.63, 3.8) is 0 Å². The van der Waals surface area contributed by atoms with Gasteiger partial charge in [0.15, 0.2) is 0 Å². The molecule has 2 unspecified atom stereocenters. The van der Waals surface area contributed by atoms with Crippen LogP contribution in [0.1, 0.15) is 51.4 Å². The lowest BCUT2D eigenvalue weighted by Crippen LogP contribution is -2.42. The minimum absolute atomic E-state index is 0.0450. The molecule has 1 amide bonds. The number of hydrogen-bond acceptors (Lipinski definition) is 1. The van der Waals surface area contributed by atoms with Crippen molar-refractivity contribution in [3.05, 3.63) is 0 Å². The van der Waals surface area contributed by atoms with Crippen LogP contribution in [0.15, 0.2) is 0 Å². The summed E-state index contributed by atoms with van der Waals surface area (Å²) in [6.07, 6.45) is 4.52. The molecule has 0 aromatic carbocycles. The van der Waals surface area contributed by atoms with E-state index in [0.29, 0.717) is 18.7 Å². The van der Waals surface area contributed by atoms with Gasteiger partial charge in [0.25, 0.3) is 0 Å². The lowest BCUT2D eigenvalue weighted by Gasteiger charge is -2.33. The van der Waals surface area contributed by atoms with Crippen molar-refractivity contribution >= 4 is 17.5 Å². The van der Waals surface area contributed by atoms with Gasteiger partial charge in [0.1, 0.15) is 0 Å². The topological polar surface area (TPSA) is 20.3 Å². The van der Waals surface area contributed by atoms with Gasteiger partial charge >= 0.3 is 0 Å². The van der Waals surface area contributed by atoms with Gasteiger partial charge in [0.05, 0.1) is 0 Å². The maximum absolute atomic E-state index is 13.4. The second kappa shape index (κ2) is 6.38. The Hall–Kier alpha value is -0.380. The molecule has 0 spiro atoms. The third kappa shape index (κ3) is 3.80. The predicted molar refractivity (Wildman–Crippen MR) is 71.6 cm³/mol. The molecule has 1 heterocycles. The maximum Gasteiger partial charge on any atom is 0.248 e. The van der Waals surface area contributed by atoms with Gasteiger partial charge in [-0.25, -0.2) is 8.78 Å². The van der Waals surface area contributed by atoms with Crippen LogP contribution >= 0.6 is 11.6 Å². The zero-order valence-electron chi connectivity index (χ0n) is 11.2. The fourth-order valence-corrected chi connectivity index (χ4v) is 3.51. The molecule has 2 rings (SSSR count). The standard InChI is InChI=1S/C14H22ClF2NO/c15-8-2-5-12-6-3-9-18(12)13(19)11-4-1-7-14(16,17)10-11/h11-12H,1-10H2. The fraction of sp³-hybridized carbons (Fsp3) is 0.929. The van der Waals surface area contributed by atoms with Crippen LogP contribution in [0.2, 0.25) is 0 Å². The van der Waals surface area contributed by atoms with Crippen LogP contribution in [0.25, 0.3) is 0 Å². The molecule has 0 radical (unpaired) electrons.